The Kier molecular flexibility index (Phi) is 4.07. The zero-order chi connectivity index (χ0) is 11.4. The number of hydrogen-bond donors (Lipinski definition) is 0. The molecular formula is C14H20O. The number of Topliss-reactive ketones (excluding diaryl/α,β-unsaturated/α-hetero) is 1. The van der Waals surface area contributed by atoms with Crippen LogP contribution in [0.5, 0.6) is 0 Å². The van der Waals surface area contributed by atoms with Crippen LogP contribution in [0.15, 0.2) is 18.2 Å². The van der Waals surface area contributed by atoms with Gasteiger partial charge >= 0.3 is 0 Å². The predicted molar refractivity (Wildman–Crippen MR) is 64.1 cm³/mol. The van der Waals surface area contributed by atoms with Gasteiger partial charge in [-0.05, 0) is 44.7 Å². The van der Waals surface area contributed by atoms with Gasteiger partial charge in [0.15, 0.2) is 0 Å². The lowest BCUT2D eigenvalue weighted by atomic mass is 9.91. The Labute approximate surface area is 92.5 Å². The zero-order valence-electron chi connectivity index (χ0n) is 10.1. The molecule has 0 N–H and O–H groups in total. The second-order valence-electron chi connectivity index (χ2n) is 4.35. The first-order valence-corrected chi connectivity index (χ1v) is 5.61. The molecule has 0 aliphatic heterocycles. The van der Waals surface area contributed by atoms with E-state index in [1.165, 1.54) is 16.7 Å². The van der Waals surface area contributed by atoms with Crippen LogP contribution in [0, 0.1) is 19.8 Å². The molecule has 1 aromatic carbocycles. The molecule has 1 aromatic rings. The number of carbonyl (C=O) groups is 1. The summed E-state index contributed by atoms with van der Waals surface area (Å²) >= 11 is 0. The molecular weight excluding hydrogens is 184 g/mol. The van der Waals surface area contributed by atoms with Crippen molar-refractivity contribution in [3.63, 3.8) is 0 Å². The lowest BCUT2D eigenvalue weighted by molar-refractivity contribution is -0.120. The second kappa shape index (κ2) is 5.11. The SMILES string of the molecule is CCC(Cc1cc(C)ccc1C)C(C)=O. The van der Waals surface area contributed by atoms with Crippen molar-refractivity contribution in [1.82, 2.24) is 0 Å². The standard InChI is InChI=1S/C14H20O/c1-5-13(12(4)15)9-14-8-10(2)6-7-11(14)3/h6-8,13H,5,9H2,1-4H3. The molecule has 0 aliphatic carbocycles. The van der Waals surface area contributed by atoms with Gasteiger partial charge in [-0.3, -0.25) is 4.79 Å². The van der Waals surface area contributed by atoms with Crippen LogP contribution >= 0.6 is 0 Å². The minimum atomic E-state index is 0.186. The first-order valence-electron chi connectivity index (χ1n) is 5.61. The molecule has 1 rings (SSSR count). The molecule has 1 nitrogen and oxygen atoms in total. The monoisotopic (exact) mass is 204 g/mol. The van der Waals surface area contributed by atoms with E-state index in [0.717, 1.165) is 12.8 Å². The van der Waals surface area contributed by atoms with E-state index in [2.05, 4.69) is 39.0 Å². The molecule has 0 aromatic heterocycles. The number of benzene rings is 1. The maximum absolute atomic E-state index is 11.4. The Balaban J connectivity index is 2.87. The Morgan fingerprint density at radius 2 is 2.00 bits per heavy atom. The van der Waals surface area contributed by atoms with Crippen molar-refractivity contribution >= 4 is 5.78 Å². The number of ketones is 1. The van der Waals surface area contributed by atoms with Crippen molar-refractivity contribution in [2.24, 2.45) is 5.92 Å². The van der Waals surface area contributed by atoms with E-state index in [4.69, 9.17) is 0 Å². The molecule has 0 fully saturated rings. The topological polar surface area (TPSA) is 17.1 Å². The van der Waals surface area contributed by atoms with E-state index in [0.29, 0.717) is 5.78 Å². The summed E-state index contributed by atoms with van der Waals surface area (Å²) in [7, 11) is 0. The number of carbonyl (C=O) groups excluding carboxylic acids is 1. The van der Waals surface area contributed by atoms with Gasteiger partial charge in [0.25, 0.3) is 0 Å². The quantitative estimate of drug-likeness (QED) is 0.734. The zero-order valence-corrected chi connectivity index (χ0v) is 10.1. The fourth-order valence-corrected chi connectivity index (χ4v) is 1.86. The van der Waals surface area contributed by atoms with E-state index in [-0.39, 0.29) is 5.92 Å². The van der Waals surface area contributed by atoms with Gasteiger partial charge in [0.2, 0.25) is 0 Å². The van der Waals surface area contributed by atoms with E-state index in [1.807, 2.05) is 0 Å². The molecule has 0 aliphatic rings. The molecule has 0 radical (unpaired) electrons. The van der Waals surface area contributed by atoms with Gasteiger partial charge in [0, 0.05) is 5.92 Å². The molecule has 82 valence electrons. The molecule has 0 heterocycles. The van der Waals surface area contributed by atoms with Crippen molar-refractivity contribution in [1.29, 1.82) is 0 Å². The van der Waals surface area contributed by atoms with Crippen LogP contribution in [0.1, 0.15) is 37.0 Å². The van der Waals surface area contributed by atoms with E-state index in [9.17, 15) is 4.79 Å². The highest BCUT2D eigenvalue weighted by Gasteiger charge is 2.13. The summed E-state index contributed by atoms with van der Waals surface area (Å²) in [5, 5.41) is 0. The highest BCUT2D eigenvalue weighted by Crippen LogP contribution is 2.18. The minimum absolute atomic E-state index is 0.186. The van der Waals surface area contributed by atoms with Crippen LogP contribution in [-0.2, 0) is 11.2 Å². The number of aryl methyl sites for hydroxylation is 2. The van der Waals surface area contributed by atoms with Gasteiger partial charge in [0.05, 0.1) is 0 Å². The van der Waals surface area contributed by atoms with Crippen LogP contribution in [-0.4, -0.2) is 5.78 Å². The molecule has 1 atom stereocenters. The first-order chi connectivity index (χ1) is 7.04. The second-order valence-corrected chi connectivity index (χ2v) is 4.35. The summed E-state index contributed by atoms with van der Waals surface area (Å²) in [5.74, 6) is 0.490. The summed E-state index contributed by atoms with van der Waals surface area (Å²) < 4.78 is 0. The number of rotatable bonds is 4. The summed E-state index contributed by atoms with van der Waals surface area (Å²) in [6.45, 7) is 7.98. The van der Waals surface area contributed by atoms with E-state index < -0.39 is 0 Å². The van der Waals surface area contributed by atoms with Crippen molar-refractivity contribution < 1.29 is 4.79 Å². The first kappa shape index (κ1) is 12.0. The molecule has 1 unspecified atom stereocenters. The van der Waals surface area contributed by atoms with E-state index >= 15 is 0 Å². The summed E-state index contributed by atoms with van der Waals surface area (Å²) in [5.41, 5.74) is 3.88. The van der Waals surface area contributed by atoms with Crippen molar-refractivity contribution in [3.8, 4) is 0 Å². The highest BCUT2D eigenvalue weighted by molar-refractivity contribution is 5.78. The van der Waals surface area contributed by atoms with Gasteiger partial charge < -0.3 is 0 Å². The Hall–Kier alpha value is -1.11. The fraction of sp³-hybridized carbons (Fsp3) is 0.500. The molecule has 0 saturated heterocycles. The third kappa shape index (κ3) is 3.19. The minimum Gasteiger partial charge on any atom is -0.300 e. The fourth-order valence-electron chi connectivity index (χ4n) is 1.86. The van der Waals surface area contributed by atoms with Crippen molar-refractivity contribution in [2.45, 2.75) is 40.5 Å². The average Bonchev–Trinajstić information content (AvgIpc) is 2.18. The lowest BCUT2D eigenvalue weighted by Crippen LogP contribution is -2.13. The molecule has 0 spiro atoms. The Morgan fingerprint density at radius 3 is 2.53 bits per heavy atom. The molecule has 0 amide bonds. The Morgan fingerprint density at radius 1 is 1.33 bits per heavy atom. The van der Waals surface area contributed by atoms with Crippen LogP contribution < -0.4 is 0 Å². The van der Waals surface area contributed by atoms with Crippen LogP contribution in [0.25, 0.3) is 0 Å². The number of hydrogen-bond acceptors (Lipinski definition) is 1. The third-order valence-corrected chi connectivity index (χ3v) is 3.04. The maximum Gasteiger partial charge on any atom is 0.133 e. The van der Waals surface area contributed by atoms with Crippen LogP contribution in [0.2, 0.25) is 0 Å². The van der Waals surface area contributed by atoms with Crippen LogP contribution in [0.3, 0.4) is 0 Å². The van der Waals surface area contributed by atoms with Crippen LogP contribution in [0.4, 0.5) is 0 Å². The molecule has 15 heavy (non-hydrogen) atoms. The third-order valence-electron chi connectivity index (χ3n) is 3.04. The van der Waals surface area contributed by atoms with Gasteiger partial charge in [-0.2, -0.15) is 0 Å². The largest absolute Gasteiger partial charge is 0.300 e. The van der Waals surface area contributed by atoms with Gasteiger partial charge in [-0.15, -0.1) is 0 Å². The summed E-state index contributed by atoms with van der Waals surface area (Å²) in [6, 6.07) is 6.45. The molecule has 0 saturated carbocycles. The van der Waals surface area contributed by atoms with E-state index in [1.54, 1.807) is 6.92 Å². The van der Waals surface area contributed by atoms with Gasteiger partial charge in [-0.1, -0.05) is 30.7 Å². The normalized spacial score (nSPS) is 12.5. The highest BCUT2D eigenvalue weighted by atomic mass is 16.1. The molecule has 0 bridgehead atoms. The van der Waals surface area contributed by atoms with Crippen molar-refractivity contribution in [3.05, 3.63) is 34.9 Å². The lowest BCUT2D eigenvalue weighted by Gasteiger charge is -2.13. The van der Waals surface area contributed by atoms with Crippen molar-refractivity contribution in [2.75, 3.05) is 0 Å². The average molecular weight is 204 g/mol. The summed E-state index contributed by atoms with van der Waals surface area (Å²) in [6.07, 6.45) is 1.82. The predicted octanol–water partition coefficient (Wildman–Crippen LogP) is 3.46. The summed E-state index contributed by atoms with van der Waals surface area (Å²) in [4.78, 5) is 11.4. The Bertz CT molecular complexity index is 352. The smallest absolute Gasteiger partial charge is 0.133 e. The maximum atomic E-state index is 11.4. The van der Waals surface area contributed by atoms with Gasteiger partial charge in [0.1, 0.15) is 5.78 Å². The molecule has 1 heteroatoms. The van der Waals surface area contributed by atoms with Gasteiger partial charge in [-0.25, -0.2) is 0 Å².